The molecule has 0 fully saturated rings. The molecule has 1 heterocycles. The van der Waals surface area contributed by atoms with Crippen molar-refractivity contribution < 1.29 is 17.9 Å². The molecule has 0 aromatic carbocycles. The Morgan fingerprint density at radius 3 is 2.69 bits per heavy atom. The summed E-state index contributed by atoms with van der Waals surface area (Å²) in [5.74, 6) is 0.0253. The van der Waals surface area contributed by atoms with Crippen molar-refractivity contribution in [3.8, 4) is 0 Å². The van der Waals surface area contributed by atoms with E-state index in [1.54, 1.807) is 0 Å². The lowest BCUT2D eigenvalue weighted by Gasteiger charge is -2.05. The highest BCUT2D eigenvalue weighted by Gasteiger charge is 2.32. The maximum Gasteiger partial charge on any atom is 0.433 e. The number of hydrogen-bond acceptors (Lipinski definition) is 3. The summed E-state index contributed by atoms with van der Waals surface area (Å²) in [5.41, 5.74) is -0.949. The fraction of sp³-hybridized carbons (Fsp3) is 0.429. The SMILES string of the molecule is COCc1nccc(C(F)(F)F)n1. The molecule has 0 bridgehead atoms. The van der Waals surface area contributed by atoms with Crippen LogP contribution in [0.15, 0.2) is 12.3 Å². The van der Waals surface area contributed by atoms with Gasteiger partial charge in [-0.25, -0.2) is 9.97 Å². The third kappa shape index (κ3) is 2.66. The van der Waals surface area contributed by atoms with Crippen molar-refractivity contribution in [3.63, 3.8) is 0 Å². The largest absolute Gasteiger partial charge is 0.433 e. The lowest BCUT2D eigenvalue weighted by Crippen LogP contribution is -2.10. The smallest absolute Gasteiger partial charge is 0.377 e. The van der Waals surface area contributed by atoms with Crippen molar-refractivity contribution in [1.82, 2.24) is 9.97 Å². The number of hydrogen-bond donors (Lipinski definition) is 0. The van der Waals surface area contributed by atoms with Gasteiger partial charge in [0.25, 0.3) is 0 Å². The van der Waals surface area contributed by atoms with Gasteiger partial charge in [-0.3, -0.25) is 0 Å². The van der Waals surface area contributed by atoms with Crippen LogP contribution in [-0.2, 0) is 17.5 Å². The minimum atomic E-state index is -4.43. The summed E-state index contributed by atoms with van der Waals surface area (Å²) in [5, 5.41) is 0. The molecule has 1 aromatic rings. The van der Waals surface area contributed by atoms with E-state index < -0.39 is 11.9 Å². The van der Waals surface area contributed by atoms with Crippen molar-refractivity contribution in [3.05, 3.63) is 23.8 Å². The lowest BCUT2D eigenvalue weighted by molar-refractivity contribution is -0.141. The number of alkyl halides is 3. The molecule has 0 aliphatic heterocycles. The van der Waals surface area contributed by atoms with Crippen LogP contribution in [0, 0.1) is 0 Å². The summed E-state index contributed by atoms with van der Waals surface area (Å²) >= 11 is 0. The Bertz CT molecular complexity index is 287. The van der Waals surface area contributed by atoms with E-state index in [2.05, 4.69) is 14.7 Å². The van der Waals surface area contributed by atoms with Crippen molar-refractivity contribution in [2.24, 2.45) is 0 Å². The van der Waals surface area contributed by atoms with Gasteiger partial charge in [-0.2, -0.15) is 13.2 Å². The summed E-state index contributed by atoms with van der Waals surface area (Å²) in [6.07, 6.45) is -3.37. The van der Waals surface area contributed by atoms with E-state index in [4.69, 9.17) is 0 Å². The fourth-order valence-corrected chi connectivity index (χ4v) is 0.756. The molecule has 1 rings (SSSR count). The van der Waals surface area contributed by atoms with Gasteiger partial charge in [-0.05, 0) is 6.07 Å². The second-order valence-corrected chi connectivity index (χ2v) is 2.29. The molecule has 1 aromatic heterocycles. The molecule has 6 heteroatoms. The second-order valence-electron chi connectivity index (χ2n) is 2.29. The minimum absolute atomic E-state index is 0.0239. The van der Waals surface area contributed by atoms with Gasteiger partial charge in [-0.1, -0.05) is 0 Å². The maximum atomic E-state index is 12.1. The van der Waals surface area contributed by atoms with E-state index in [1.807, 2.05) is 0 Å². The Labute approximate surface area is 72.6 Å². The molecule has 0 saturated carbocycles. The Morgan fingerprint density at radius 1 is 1.46 bits per heavy atom. The van der Waals surface area contributed by atoms with Crippen LogP contribution in [0.4, 0.5) is 13.2 Å². The molecule has 72 valence electrons. The molecule has 0 saturated heterocycles. The normalized spacial score (nSPS) is 11.7. The van der Waals surface area contributed by atoms with Crippen LogP contribution >= 0.6 is 0 Å². The van der Waals surface area contributed by atoms with Gasteiger partial charge in [0, 0.05) is 13.3 Å². The molecule has 0 atom stereocenters. The molecule has 13 heavy (non-hydrogen) atoms. The standard InChI is InChI=1S/C7H7F3N2O/c1-13-4-6-11-3-2-5(12-6)7(8,9)10/h2-3H,4H2,1H3. The molecule has 0 N–H and O–H groups in total. The summed E-state index contributed by atoms with van der Waals surface area (Å²) in [6.45, 7) is -0.0239. The van der Waals surface area contributed by atoms with Gasteiger partial charge in [-0.15, -0.1) is 0 Å². The van der Waals surface area contributed by atoms with Crippen LogP contribution in [0.2, 0.25) is 0 Å². The monoisotopic (exact) mass is 192 g/mol. The van der Waals surface area contributed by atoms with E-state index in [0.29, 0.717) is 0 Å². The van der Waals surface area contributed by atoms with E-state index in [9.17, 15) is 13.2 Å². The predicted molar refractivity (Wildman–Crippen MR) is 37.7 cm³/mol. The average molecular weight is 192 g/mol. The lowest BCUT2D eigenvalue weighted by atomic mass is 10.4. The predicted octanol–water partition coefficient (Wildman–Crippen LogP) is 1.64. The molecule has 0 spiro atoms. The van der Waals surface area contributed by atoms with Crippen LogP contribution in [0.5, 0.6) is 0 Å². The second kappa shape index (κ2) is 3.69. The molecule has 0 aliphatic rings. The van der Waals surface area contributed by atoms with Crippen molar-refractivity contribution >= 4 is 0 Å². The van der Waals surface area contributed by atoms with Crippen LogP contribution < -0.4 is 0 Å². The van der Waals surface area contributed by atoms with Crippen LogP contribution in [0.25, 0.3) is 0 Å². The van der Waals surface area contributed by atoms with Crippen molar-refractivity contribution in [2.75, 3.05) is 7.11 Å². The number of nitrogens with zero attached hydrogens (tertiary/aromatic N) is 2. The van der Waals surface area contributed by atoms with Gasteiger partial charge < -0.3 is 4.74 Å². The topological polar surface area (TPSA) is 35.0 Å². The van der Waals surface area contributed by atoms with Gasteiger partial charge >= 0.3 is 6.18 Å². The Morgan fingerprint density at radius 2 is 2.15 bits per heavy atom. The van der Waals surface area contributed by atoms with E-state index in [1.165, 1.54) is 7.11 Å². The van der Waals surface area contributed by atoms with E-state index in [-0.39, 0.29) is 12.4 Å². The van der Waals surface area contributed by atoms with Crippen LogP contribution in [0.1, 0.15) is 11.5 Å². The zero-order valence-corrected chi connectivity index (χ0v) is 6.80. The van der Waals surface area contributed by atoms with E-state index >= 15 is 0 Å². The van der Waals surface area contributed by atoms with E-state index in [0.717, 1.165) is 12.3 Å². The number of ether oxygens (including phenoxy) is 1. The first-order valence-electron chi connectivity index (χ1n) is 3.42. The highest BCUT2D eigenvalue weighted by Crippen LogP contribution is 2.26. The number of halogens is 3. The summed E-state index contributed by atoms with van der Waals surface area (Å²) in [7, 11) is 1.36. The molecular formula is C7H7F3N2O. The average Bonchev–Trinajstić information content (AvgIpc) is 2.04. The van der Waals surface area contributed by atoms with Gasteiger partial charge in [0.05, 0.1) is 0 Å². The number of rotatable bonds is 2. The Hall–Kier alpha value is -1.17. The molecular weight excluding hydrogens is 185 g/mol. The molecule has 0 radical (unpaired) electrons. The zero-order valence-electron chi connectivity index (χ0n) is 6.80. The van der Waals surface area contributed by atoms with Crippen LogP contribution in [-0.4, -0.2) is 17.1 Å². The summed E-state index contributed by atoms with van der Waals surface area (Å²) in [6, 6.07) is 0.819. The Balaban J connectivity index is 2.92. The van der Waals surface area contributed by atoms with Gasteiger partial charge in [0.1, 0.15) is 12.3 Å². The zero-order chi connectivity index (χ0) is 9.90. The number of aromatic nitrogens is 2. The first-order chi connectivity index (χ1) is 6.04. The molecule has 0 amide bonds. The van der Waals surface area contributed by atoms with Gasteiger partial charge in [0.2, 0.25) is 0 Å². The fourth-order valence-electron chi connectivity index (χ4n) is 0.756. The summed E-state index contributed by atoms with van der Waals surface area (Å²) < 4.78 is 40.8. The van der Waals surface area contributed by atoms with Crippen molar-refractivity contribution in [2.45, 2.75) is 12.8 Å². The first kappa shape index (κ1) is 9.91. The molecule has 0 unspecified atom stereocenters. The number of methoxy groups -OCH3 is 1. The molecule has 0 aliphatic carbocycles. The summed E-state index contributed by atoms with van der Waals surface area (Å²) in [4.78, 5) is 6.88. The van der Waals surface area contributed by atoms with Crippen LogP contribution in [0.3, 0.4) is 0 Å². The first-order valence-corrected chi connectivity index (χ1v) is 3.42. The minimum Gasteiger partial charge on any atom is -0.377 e. The highest BCUT2D eigenvalue weighted by atomic mass is 19.4. The third-order valence-electron chi connectivity index (χ3n) is 1.27. The maximum absolute atomic E-state index is 12.1. The Kier molecular flexibility index (Phi) is 2.82. The third-order valence-corrected chi connectivity index (χ3v) is 1.27. The van der Waals surface area contributed by atoms with Crippen molar-refractivity contribution in [1.29, 1.82) is 0 Å². The molecule has 3 nitrogen and oxygen atoms in total. The highest BCUT2D eigenvalue weighted by molar-refractivity contribution is 5.05. The quantitative estimate of drug-likeness (QED) is 0.714. The van der Waals surface area contributed by atoms with Gasteiger partial charge in [0.15, 0.2) is 5.82 Å².